The van der Waals surface area contributed by atoms with Gasteiger partial charge in [-0.15, -0.1) is 0 Å². The Morgan fingerprint density at radius 1 is 1.19 bits per heavy atom. The van der Waals surface area contributed by atoms with E-state index in [0.717, 1.165) is 5.56 Å². The van der Waals surface area contributed by atoms with E-state index in [1.54, 1.807) is 38.1 Å². The molecule has 112 valence electrons. The van der Waals surface area contributed by atoms with Crippen LogP contribution in [0, 0.1) is 10.1 Å². The average Bonchev–Trinajstić information content (AvgIpc) is 2.47. The number of nitro groups is 1. The number of hydrogen-bond acceptors (Lipinski definition) is 5. The van der Waals surface area contributed by atoms with Gasteiger partial charge in [-0.3, -0.25) is 10.1 Å². The first-order chi connectivity index (χ1) is 10.1. The molecule has 0 heterocycles. The first-order valence-corrected chi connectivity index (χ1v) is 6.51. The Morgan fingerprint density at radius 3 is 2.33 bits per heavy atom. The quantitative estimate of drug-likeness (QED) is 0.193. The van der Waals surface area contributed by atoms with Crippen LogP contribution in [-0.4, -0.2) is 24.1 Å². The zero-order valence-corrected chi connectivity index (χ0v) is 11.9. The minimum Gasteiger partial charge on any atom is -0.487 e. The SMILES string of the molecule is CCOC(=O)/C(=C\C=C\c1ccc([N+](=O)[O-])cc1)OCC. The molecule has 0 fully saturated rings. The van der Waals surface area contributed by atoms with E-state index in [1.807, 2.05) is 0 Å². The van der Waals surface area contributed by atoms with Crippen molar-refractivity contribution in [3.8, 4) is 0 Å². The van der Waals surface area contributed by atoms with Crippen LogP contribution in [-0.2, 0) is 14.3 Å². The lowest BCUT2D eigenvalue weighted by Gasteiger charge is -2.06. The molecule has 0 aliphatic carbocycles. The third kappa shape index (κ3) is 5.48. The summed E-state index contributed by atoms with van der Waals surface area (Å²) >= 11 is 0. The van der Waals surface area contributed by atoms with Crippen molar-refractivity contribution in [1.82, 2.24) is 0 Å². The second-order valence-electron chi connectivity index (χ2n) is 3.89. The number of nitrogens with zero attached hydrogens (tertiary/aromatic N) is 1. The molecule has 0 unspecified atom stereocenters. The fourth-order valence-electron chi connectivity index (χ4n) is 1.49. The van der Waals surface area contributed by atoms with Crippen molar-refractivity contribution in [3.05, 3.63) is 57.9 Å². The first kappa shape index (κ1) is 16.4. The highest BCUT2D eigenvalue weighted by Crippen LogP contribution is 2.13. The molecule has 0 atom stereocenters. The van der Waals surface area contributed by atoms with Gasteiger partial charge >= 0.3 is 5.97 Å². The van der Waals surface area contributed by atoms with E-state index in [2.05, 4.69) is 0 Å². The van der Waals surface area contributed by atoms with E-state index < -0.39 is 10.9 Å². The zero-order valence-electron chi connectivity index (χ0n) is 11.9. The van der Waals surface area contributed by atoms with Crippen LogP contribution in [0.4, 0.5) is 5.69 Å². The molecule has 0 bridgehead atoms. The molecular weight excluding hydrogens is 274 g/mol. The summed E-state index contributed by atoms with van der Waals surface area (Å²) in [7, 11) is 0. The van der Waals surface area contributed by atoms with Gasteiger partial charge in [0.15, 0.2) is 0 Å². The Hall–Kier alpha value is -2.63. The summed E-state index contributed by atoms with van der Waals surface area (Å²) in [5.41, 5.74) is 0.806. The molecule has 0 spiro atoms. The lowest BCUT2D eigenvalue weighted by atomic mass is 10.2. The van der Waals surface area contributed by atoms with Crippen LogP contribution in [0.3, 0.4) is 0 Å². The van der Waals surface area contributed by atoms with Gasteiger partial charge in [0.2, 0.25) is 5.76 Å². The molecule has 0 amide bonds. The Morgan fingerprint density at radius 2 is 1.81 bits per heavy atom. The summed E-state index contributed by atoms with van der Waals surface area (Å²) in [6.07, 6.45) is 4.84. The maximum atomic E-state index is 11.6. The standard InChI is InChI=1S/C15H17NO5/c1-3-20-14(15(17)21-4-2)7-5-6-12-8-10-13(11-9-12)16(18)19/h5-11H,3-4H2,1-2H3/b6-5+,14-7+. The van der Waals surface area contributed by atoms with Gasteiger partial charge in [0.1, 0.15) is 0 Å². The van der Waals surface area contributed by atoms with Crippen molar-refractivity contribution in [3.63, 3.8) is 0 Å². The van der Waals surface area contributed by atoms with Gasteiger partial charge in [-0.1, -0.05) is 12.2 Å². The molecule has 6 heteroatoms. The van der Waals surface area contributed by atoms with Gasteiger partial charge in [0.05, 0.1) is 18.1 Å². The van der Waals surface area contributed by atoms with Gasteiger partial charge < -0.3 is 9.47 Å². The second kappa shape index (κ2) is 8.52. The van der Waals surface area contributed by atoms with E-state index in [1.165, 1.54) is 18.2 Å². The monoisotopic (exact) mass is 291 g/mol. The van der Waals surface area contributed by atoms with Crippen molar-refractivity contribution in [1.29, 1.82) is 0 Å². The number of benzene rings is 1. The number of carbonyl (C=O) groups is 1. The first-order valence-electron chi connectivity index (χ1n) is 6.51. The maximum Gasteiger partial charge on any atom is 0.373 e. The van der Waals surface area contributed by atoms with Crippen molar-refractivity contribution >= 4 is 17.7 Å². The average molecular weight is 291 g/mol. The van der Waals surface area contributed by atoms with Crippen molar-refractivity contribution < 1.29 is 19.2 Å². The molecule has 1 aromatic rings. The van der Waals surface area contributed by atoms with Gasteiger partial charge in [0.25, 0.3) is 5.69 Å². The highest BCUT2D eigenvalue weighted by molar-refractivity contribution is 5.86. The van der Waals surface area contributed by atoms with Gasteiger partial charge in [0, 0.05) is 12.1 Å². The molecule has 0 aromatic heterocycles. The van der Waals surface area contributed by atoms with Crippen LogP contribution >= 0.6 is 0 Å². The summed E-state index contributed by atoms with van der Waals surface area (Å²) in [5.74, 6) is -0.398. The second-order valence-corrected chi connectivity index (χ2v) is 3.89. The van der Waals surface area contributed by atoms with Crippen LogP contribution in [0.2, 0.25) is 0 Å². The number of nitro benzene ring substituents is 1. The predicted octanol–water partition coefficient (Wildman–Crippen LogP) is 3.09. The lowest BCUT2D eigenvalue weighted by Crippen LogP contribution is -2.10. The number of allylic oxidation sites excluding steroid dienone is 2. The topological polar surface area (TPSA) is 78.7 Å². The number of non-ortho nitro benzene ring substituents is 1. The van der Waals surface area contributed by atoms with Crippen LogP contribution in [0.5, 0.6) is 0 Å². The normalized spacial score (nSPS) is 11.4. The smallest absolute Gasteiger partial charge is 0.373 e. The minimum absolute atomic E-state index is 0.0317. The van der Waals surface area contributed by atoms with Crippen molar-refractivity contribution in [2.75, 3.05) is 13.2 Å². The highest BCUT2D eigenvalue weighted by atomic mass is 16.6. The molecule has 21 heavy (non-hydrogen) atoms. The number of esters is 1. The molecule has 0 aliphatic heterocycles. The van der Waals surface area contributed by atoms with Gasteiger partial charge in [-0.2, -0.15) is 0 Å². The third-order valence-electron chi connectivity index (χ3n) is 2.42. The summed E-state index contributed by atoms with van der Waals surface area (Å²) in [5, 5.41) is 10.5. The summed E-state index contributed by atoms with van der Waals surface area (Å²) in [6.45, 7) is 4.12. The minimum atomic E-state index is -0.521. The van der Waals surface area contributed by atoms with E-state index in [9.17, 15) is 14.9 Å². The molecule has 0 saturated carbocycles. The van der Waals surface area contributed by atoms with E-state index in [0.29, 0.717) is 6.61 Å². The molecule has 0 radical (unpaired) electrons. The number of carbonyl (C=O) groups excluding carboxylic acids is 1. The van der Waals surface area contributed by atoms with E-state index >= 15 is 0 Å². The Labute approximate surface area is 122 Å². The van der Waals surface area contributed by atoms with Crippen LogP contribution in [0.1, 0.15) is 19.4 Å². The van der Waals surface area contributed by atoms with E-state index in [-0.39, 0.29) is 18.1 Å². The number of rotatable bonds is 7. The molecule has 0 N–H and O–H groups in total. The Bertz CT molecular complexity index is 546. The van der Waals surface area contributed by atoms with Crippen molar-refractivity contribution in [2.45, 2.75) is 13.8 Å². The fourth-order valence-corrected chi connectivity index (χ4v) is 1.49. The molecule has 1 rings (SSSR count). The summed E-state index contributed by atoms with van der Waals surface area (Å²) in [6, 6.07) is 6.07. The number of ether oxygens (including phenoxy) is 2. The number of hydrogen-bond donors (Lipinski definition) is 0. The molecule has 1 aromatic carbocycles. The summed E-state index contributed by atoms with van der Waals surface area (Å²) in [4.78, 5) is 21.6. The maximum absolute atomic E-state index is 11.6. The van der Waals surface area contributed by atoms with E-state index in [4.69, 9.17) is 9.47 Å². The van der Waals surface area contributed by atoms with Gasteiger partial charge in [-0.25, -0.2) is 4.79 Å². The van der Waals surface area contributed by atoms with Crippen LogP contribution in [0.25, 0.3) is 6.08 Å². The largest absolute Gasteiger partial charge is 0.487 e. The van der Waals surface area contributed by atoms with Gasteiger partial charge in [-0.05, 0) is 37.6 Å². The zero-order chi connectivity index (χ0) is 15.7. The third-order valence-corrected chi connectivity index (χ3v) is 2.42. The molecule has 0 saturated heterocycles. The Balaban J connectivity index is 2.78. The van der Waals surface area contributed by atoms with Crippen LogP contribution in [0.15, 0.2) is 42.2 Å². The molecule has 0 aliphatic rings. The molecular formula is C15H17NO5. The predicted molar refractivity (Wildman–Crippen MR) is 78.5 cm³/mol. The lowest BCUT2D eigenvalue weighted by molar-refractivity contribution is -0.384. The Kier molecular flexibility index (Phi) is 6.67. The summed E-state index contributed by atoms with van der Waals surface area (Å²) < 4.78 is 10.1. The van der Waals surface area contributed by atoms with Crippen molar-refractivity contribution in [2.24, 2.45) is 0 Å². The fraction of sp³-hybridized carbons (Fsp3) is 0.267. The van der Waals surface area contributed by atoms with Crippen LogP contribution < -0.4 is 0 Å². The molecule has 6 nitrogen and oxygen atoms in total. The highest BCUT2D eigenvalue weighted by Gasteiger charge is 2.09.